The number of amides is 1. The molecule has 0 fully saturated rings. The van der Waals surface area contributed by atoms with E-state index >= 15 is 0 Å². The predicted molar refractivity (Wildman–Crippen MR) is 94.6 cm³/mol. The molecule has 7 heteroatoms. The van der Waals surface area contributed by atoms with Gasteiger partial charge in [-0.25, -0.2) is 9.07 Å². The number of benzene rings is 1. The Morgan fingerprint density at radius 1 is 1.27 bits per heavy atom. The van der Waals surface area contributed by atoms with Crippen LogP contribution in [0.5, 0.6) is 5.75 Å². The molecule has 0 saturated heterocycles. The molecule has 2 aromatic heterocycles. The van der Waals surface area contributed by atoms with Crippen LogP contribution < -0.4 is 10.1 Å². The van der Waals surface area contributed by atoms with Crippen LogP contribution in [-0.2, 0) is 6.61 Å². The fourth-order valence-electron chi connectivity index (χ4n) is 2.38. The molecule has 0 saturated carbocycles. The van der Waals surface area contributed by atoms with Crippen LogP contribution in [0.3, 0.4) is 0 Å². The third-order valence-electron chi connectivity index (χ3n) is 4.00. The molecular weight excluding hydrogens is 337 g/mol. The molecule has 0 aliphatic carbocycles. The van der Waals surface area contributed by atoms with Gasteiger partial charge in [-0.15, -0.1) is 0 Å². The Balaban J connectivity index is 1.61. The summed E-state index contributed by atoms with van der Waals surface area (Å²) in [6, 6.07) is 10.9. The number of rotatable bonds is 7. The van der Waals surface area contributed by atoms with Crippen molar-refractivity contribution >= 4 is 11.7 Å². The molecule has 1 amide bonds. The van der Waals surface area contributed by atoms with Crippen molar-refractivity contribution in [2.45, 2.75) is 32.9 Å². The number of furan rings is 1. The van der Waals surface area contributed by atoms with Gasteiger partial charge in [0.05, 0.1) is 12.2 Å². The van der Waals surface area contributed by atoms with Gasteiger partial charge in [-0.05, 0) is 49.7 Å². The maximum Gasteiger partial charge on any atom is 0.292 e. The highest BCUT2D eigenvalue weighted by atomic mass is 19.1. The van der Waals surface area contributed by atoms with Crippen molar-refractivity contribution in [1.29, 1.82) is 0 Å². The van der Waals surface area contributed by atoms with Crippen LogP contribution in [0.25, 0.3) is 0 Å². The largest absolute Gasteiger partial charge is 0.486 e. The smallest absolute Gasteiger partial charge is 0.292 e. The maximum atomic E-state index is 12.9. The first-order chi connectivity index (χ1) is 12.6. The number of anilines is 1. The number of hydrogen-bond acceptors (Lipinski definition) is 4. The van der Waals surface area contributed by atoms with Crippen molar-refractivity contribution in [1.82, 2.24) is 9.78 Å². The normalized spacial score (nSPS) is 12.0. The van der Waals surface area contributed by atoms with Crippen LogP contribution in [-0.4, -0.2) is 15.7 Å². The number of carbonyl (C=O) groups is 1. The van der Waals surface area contributed by atoms with E-state index in [2.05, 4.69) is 17.3 Å². The lowest BCUT2D eigenvalue weighted by Gasteiger charge is -2.13. The lowest BCUT2D eigenvalue weighted by atomic mass is 10.3. The highest BCUT2D eigenvalue weighted by Gasteiger charge is 2.15. The summed E-state index contributed by atoms with van der Waals surface area (Å²) in [6.45, 7) is 4.22. The highest BCUT2D eigenvalue weighted by molar-refractivity contribution is 6.01. The average molecular weight is 357 g/mol. The molecule has 0 aliphatic heterocycles. The summed E-state index contributed by atoms with van der Waals surface area (Å²) in [6.07, 6.45) is 2.54. The Morgan fingerprint density at radius 3 is 2.77 bits per heavy atom. The number of ether oxygens (including phenoxy) is 1. The summed E-state index contributed by atoms with van der Waals surface area (Å²) < 4.78 is 25.7. The van der Waals surface area contributed by atoms with Crippen LogP contribution >= 0.6 is 0 Å². The number of halogens is 1. The summed E-state index contributed by atoms with van der Waals surface area (Å²) >= 11 is 0. The fraction of sp³-hybridized carbons (Fsp3) is 0.263. The molecule has 136 valence electrons. The Labute approximate surface area is 150 Å². The maximum absolute atomic E-state index is 12.9. The van der Waals surface area contributed by atoms with E-state index in [4.69, 9.17) is 9.15 Å². The number of aromatic nitrogens is 2. The molecular formula is C19H20FN3O3. The van der Waals surface area contributed by atoms with Gasteiger partial charge >= 0.3 is 0 Å². The first-order valence-electron chi connectivity index (χ1n) is 8.38. The minimum atomic E-state index is -0.358. The van der Waals surface area contributed by atoms with Crippen molar-refractivity contribution in [3.8, 4) is 5.75 Å². The second-order valence-corrected chi connectivity index (χ2v) is 5.88. The number of carbonyl (C=O) groups excluding carboxylic acids is 1. The van der Waals surface area contributed by atoms with Gasteiger partial charge in [0.15, 0.2) is 5.76 Å². The molecule has 0 radical (unpaired) electrons. The summed E-state index contributed by atoms with van der Waals surface area (Å²) in [5, 5.41) is 7.03. The minimum absolute atomic E-state index is 0.143. The molecule has 3 aromatic rings. The van der Waals surface area contributed by atoms with Crippen LogP contribution in [0.2, 0.25) is 0 Å². The second kappa shape index (κ2) is 7.86. The van der Waals surface area contributed by atoms with Gasteiger partial charge in [-0.2, -0.15) is 5.10 Å². The molecule has 0 bridgehead atoms. The molecule has 2 heterocycles. The van der Waals surface area contributed by atoms with E-state index in [1.54, 1.807) is 29.1 Å². The molecule has 0 aliphatic rings. The third kappa shape index (κ3) is 4.11. The molecule has 1 atom stereocenters. The zero-order valence-electron chi connectivity index (χ0n) is 14.6. The molecule has 6 nitrogen and oxygen atoms in total. The SMILES string of the molecule is CCC(C)n1nccc1NC(=O)c1ccc(COc2ccc(F)cc2)o1. The first-order valence-corrected chi connectivity index (χ1v) is 8.38. The molecule has 3 rings (SSSR count). The van der Waals surface area contributed by atoms with Gasteiger partial charge in [0.2, 0.25) is 0 Å². The molecule has 1 unspecified atom stereocenters. The fourth-order valence-corrected chi connectivity index (χ4v) is 2.38. The predicted octanol–water partition coefficient (Wildman–Crippen LogP) is 4.42. The van der Waals surface area contributed by atoms with Gasteiger partial charge in [0.25, 0.3) is 5.91 Å². The monoisotopic (exact) mass is 357 g/mol. The Kier molecular flexibility index (Phi) is 5.36. The lowest BCUT2D eigenvalue weighted by molar-refractivity contribution is 0.0991. The van der Waals surface area contributed by atoms with Crippen LogP contribution in [0.1, 0.15) is 42.6 Å². The molecule has 26 heavy (non-hydrogen) atoms. The van der Waals surface area contributed by atoms with Gasteiger partial charge < -0.3 is 14.5 Å². The summed E-state index contributed by atoms with van der Waals surface area (Å²) in [5.74, 6) is 1.12. The van der Waals surface area contributed by atoms with Crippen LogP contribution in [0, 0.1) is 5.82 Å². The van der Waals surface area contributed by atoms with E-state index in [-0.39, 0.29) is 30.1 Å². The second-order valence-electron chi connectivity index (χ2n) is 5.88. The quantitative estimate of drug-likeness (QED) is 0.680. The van der Waals surface area contributed by atoms with E-state index in [0.29, 0.717) is 17.3 Å². The first kappa shape index (κ1) is 17.7. The van der Waals surface area contributed by atoms with E-state index in [1.165, 1.54) is 24.3 Å². The molecule has 0 spiro atoms. The Bertz CT molecular complexity index is 870. The van der Waals surface area contributed by atoms with Gasteiger partial charge in [-0.1, -0.05) is 6.92 Å². The van der Waals surface area contributed by atoms with Crippen LogP contribution in [0.4, 0.5) is 10.2 Å². The standard InChI is InChI=1S/C19H20FN3O3/c1-3-13(2)23-18(10-11-21-23)22-19(24)17-9-8-16(26-17)12-25-15-6-4-14(20)5-7-15/h4-11,13H,3,12H2,1-2H3,(H,22,24). The molecule has 1 aromatic carbocycles. The van der Waals surface area contributed by atoms with E-state index < -0.39 is 0 Å². The summed E-state index contributed by atoms with van der Waals surface area (Å²) in [5.41, 5.74) is 0. The highest BCUT2D eigenvalue weighted by Crippen LogP contribution is 2.19. The van der Waals surface area contributed by atoms with Gasteiger partial charge in [-0.3, -0.25) is 4.79 Å². The topological polar surface area (TPSA) is 69.3 Å². The minimum Gasteiger partial charge on any atom is -0.486 e. The number of hydrogen-bond donors (Lipinski definition) is 1. The van der Waals surface area contributed by atoms with Crippen LogP contribution in [0.15, 0.2) is 53.1 Å². The van der Waals surface area contributed by atoms with Gasteiger partial charge in [0.1, 0.15) is 29.8 Å². The van der Waals surface area contributed by atoms with Crippen molar-refractivity contribution in [2.75, 3.05) is 5.32 Å². The van der Waals surface area contributed by atoms with E-state index in [1.807, 2.05) is 6.92 Å². The average Bonchev–Trinajstić information content (AvgIpc) is 3.30. The van der Waals surface area contributed by atoms with E-state index in [9.17, 15) is 9.18 Å². The lowest BCUT2D eigenvalue weighted by Crippen LogP contribution is -2.17. The molecule has 1 N–H and O–H groups in total. The zero-order chi connectivity index (χ0) is 18.5. The summed E-state index contributed by atoms with van der Waals surface area (Å²) in [4.78, 5) is 12.4. The van der Waals surface area contributed by atoms with Gasteiger partial charge in [0, 0.05) is 6.07 Å². The summed E-state index contributed by atoms with van der Waals surface area (Å²) in [7, 11) is 0. The van der Waals surface area contributed by atoms with Crippen molar-refractivity contribution < 1.29 is 18.3 Å². The van der Waals surface area contributed by atoms with Crippen molar-refractivity contribution in [3.05, 3.63) is 66.0 Å². The van der Waals surface area contributed by atoms with Crippen molar-refractivity contribution in [3.63, 3.8) is 0 Å². The zero-order valence-corrected chi connectivity index (χ0v) is 14.6. The Morgan fingerprint density at radius 2 is 2.04 bits per heavy atom. The van der Waals surface area contributed by atoms with E-state index in [0.717, 1.165) is 6.42 Å². The third-order valence-corrected chi connectivity index (χ3v) is 4.00. The van der Waals surface area contributed by atoms with Crippen molar-refractivity contribution in [2.24, 2.45) is 0 Å². The number of nitrogens with one attached hydrogen (secondary N) is 1. The number of nitrogens with zero attached hydrogens (tertiary/aromatic N) is 2. The Hall–Kier alpha value is -3.09.